The zero-order valence-corrected chi connectivity index (χ0v) is 11.6. The standard InChI is InChI=1S/C15H22N2O2/c1-2-3-7-10-17-11-13(18)16-14(15(17)19)12-8-5-4-6-9-12/h12,14H,4-11H2,1H3,(H,16,18). The second-order valence-corrected chi connectivity index (χ2v) is 5.38. The third-order valence-electron chi connectivity index (χ3n) is 4.03. The Morgan fingerprint density at radius 1 is 1.26 bits per heavy atom. The van der Waals surface area contributed by atoms with E-state index in [1.807, 2.05) is 0 Å². The first-order chi connectivity index (χ1) is 9.22. The molecule has 4 heteroatoms. The number of hydrogen-bond donors (Lipinski definition) is 1. The van der Waals surface area contributed by atoms with Crippen molar-refractivity contribution >= 4 is 11.8 Å². The van der Waals surface area contributed by atoms with Crippen molar-refractivity contribution in [2.24, 2.45) is 5.92 Å². The molecule has 1 aliphatic heterocycles. The number of hydrogen-bond acceptors (Lipinski definition) is 2. The highest BCUT2D eigenvalue weighted by atomic mass is 16.2. The third-order valence-corrected chi connectivity index (χ3v) is 4.03. The fourth-order valence-corrected chi connectivity index (χ4v) is 3.02. The van der Waals surface area contributed by atoms with Crippen molar-refractivity contribution in [1.82, 2.24) is 10.2 Å². The van der Waals surface area contributed by atoms with Crippen molar-refractivity contribution in [2.75, 3.05) is 13.1 Å². The summed E-state index contributed by atoms with van der Waals surface area (Å²) < 4.78 is 0. The Hall–Kier alpha value is -1.50. The molecule has 1 N–H and O–H groups in total. The molecule has 1 heterocycles. The monoisotopic (exact) mass is 262 g/mol. The number of amides is 2. The summed E-state index contributed by atoms with van der Waals surface area (Å²) in [5.74, 6) is 6.15. The van der Waals surface area contributed by atoms with E-state index in [2.05, 4.69) is 17.2 Å². The maximum absolute atomic E-state index is 12.4. The SMILES string of the molecule is CC#CCCN1CC(=O)NC(C2CCCCC2)C1=O. The molecule has 2 fully saturated rings. The molecular weight excluding hydrogens is 240 g/mol. The average molecular weight is 262 g/mol. The van der Waals surface area contributed by atoms with Gasteiger partial charge in [0.25, 0.3) is 0 Å². The minimum atomic E-state index is -0.295. The number of nitrogens with zero attached hydrogens (tertiary/aromatic N) is 1. The van der Waals surface area contributed by atoms with E-state index in [0.29, 0.717) is 18.9 Å². The van der Waals surface area contributed by atoms with Crippen molar-refractivity contribution in [3.8, 4) is 11.8 Å². The lowest BCUT2D eigenvalue weighted by Gasteiger charge is -2.37. The Morgan fingerprint density at radius 3 is 2.68 bits per heavy atom. The van der Waals surface area contributed by atoms with Gasteiger partial charge in [0.2, 0.25) is 11.8 Å². The predicted octanol–water partition coefficient (Wildman–Crippen LogP) is 1.31. The second kappa shape index (κ2) is 6.60. The Balaban J connectivity index is 1.99. The molecule has 1 atom stereocenters. The number of carbonyl (C=O) groups excluding carboxylic acids is 2. The Bertz CT molecular complexity index is 402. The summed E-state index contributed by atoms with van der Waals surface area (Å²) in [6, 6.07) is -0.295. The second-order valence-electron chi connectivity index (χ2n) is 5.38. The van der Waals surface area contributed by atoms with Crippen molar-refractivity contribution in [3.05, 3.63) is 0 Å². The lowest BCUT2D eigenvalue weighted by molar-refractivity contribution is -0.146. The predicted molar refractivity (Wildman–Crippen MR) is 73.2 cm³/mol. The van der Waals surface area contributed by atoms with Crippen LogP contribution in [0.25, 0.3) is 0 Å². The summed E-state index contributed by atoms with van der Waals surface area (Å²) in [6.07, 6.45) is 6.35. The first-order valence-electron chi connectivity index (χ1n) is 7.20. The van der Waals surface area contributed by atoms with E-state index < -0.39 is 0 Å². The van der Waals surface area contributed by atoms with Gasteiger partial charge in [-0.25, -0.2) is 0 Å². The fraction of sp³-hybridized carbons (Fsp3) is 0.733. The zero-order valence-electron chi connectivity index (χ0n) is 11.6. The lowest BCUT2D eigenvalue weighted by atomic mass is 9.82. The number of nitrogens with one attached hydrogen (secondary N) is 1. The first kappa shape index (κ1) is 13.9. The molecule has 1 unspecified atom stereocenters. The highest BCUT2D eigenvalue weighted by Gasteiger charge is 2.37. The van der Waals surface area contributed by atoms with Crippen LogP contribution in [-0.4, -0.2) is 35.8 Å². The fourth-order valence-electron chi connectivity index (χ4n) is 3.02. The van der Waals surface area contributed by atoms with Crippen LogP contribution in [0.1, 0.15) is 45.4 Å². The summed E-state index contributed by atoms with van der Waals surface area (Å²) >= 11 is 0. The van der Waals surface area contributed by atoms with Crippen LogP contribution in [0.3, 0.4) is 0 Å². The zero-order chi connectivity index (χ0) is 13.7. The van der Waals surface area contributed by atoms with Gasteiger partial charge in [-0.05, 0) is 25.7 Å². The minimum Gasteiger partial charge on any atom is -0.342 e. The molecule has 0 aromatic carbocycles. The highest BCUT2D eigenvalue weighted by Crippen LogP contribution is 2.28. The van der Waals surface area contributed by atoms with E-state index in [-0.39, 0.29) is 24.4 Å². The van der Waals surface area contributed by atoms with Gasteiger partial charge in [0.1, 0.15) is 6.04 Å². The van der Waals surface area contributed by atoms with E-state index >= 15 is 0 Å². The van der Waals surface area contributed by atoms with Crippen LogP contribution in [0.4, 0.5) is 0 Å². The Kier molecular flexibility index (Phi) is 4.84. The van der Waals surface area contributed by atoms with Gasteiger partial charge in [-0.3, -0.25) is 9.59 Å². The third kappa shape index (κ3) is 3.50. The smallest absolute Gasteiger partial charge is 0.245 e. The van der Waals surface area contributed by atoms with Crippen LogP contribution in [-0.2, 0) is 9.59 Å². The molecule has 2 amide bonds. The van der Waals surface area contributed by atoms with Crippen LogP contribution in [0.5, 0.6) is 0 Å². The normalized spacial score (nSPS) is 24.7. The van der Waals surface area contributed by atoms with Crippen LogP contribution in [0, 0.1) is 17.8 Å². The van der Waals surface area contributed by atoms with Gasteiger partial charge < -0.3 is 10.2 Å². The van der Waals surface area contributed by atoms with Crippen molar-refractivity contribution < 1.29 is 9.59 Å². The summed E-state index contributed by atoms with van der Waals surface area (Å²) in [5.41, 5.74) is 0. The summed E-state index contributed by atoms with van der Waals surface area (Å²) in [5, 5.41) is 2.89. The van der Waals surface area contributed by atoms with Gasteiger partial charge in [0.15, 0.2) is 0 Å². The number of rotatable bonds is 3. The molecule has 1 aliphatic carbocycles. The van der Waals surface area contributed by atoms with Gasteiger partial charge in [-0.15, -0.1) is 11.8 Å². The van der Waals surface area contributed by atoms with Crippen molar-refractivity contribution in [2.45, 2.75) is 51.5 Å². The molecule has 2 aliphatic rings. The largest absolute Gasteiger partial charge is 0.342 e. The van der Waals surface area contributed by atoms with Crippen LogP contribution in [0.2, 0.25) is 0 Å². The van der Waals surface area contributed by atoms with E-state index in [0.717, 1.165) is 12.8 Å². The van der Waals surface area contributed by atoms with E-state index in [1.54, 1.807) is 11.8 Å². The maximum Gasteiger partial charge on any atom is 0.245 e. The Morgan fingerprint density at radius 2 is 2.00 bits per heavy atom. The molecule has 0 aromatic rings. The summed E-state index contributed by atoms with van der Waals surface area (Å²) in [7, 11) is 0. The lowest BCUT2D eigenvalue weighted by Crippen LogP contribution is -2.60. The van der Waals surface area contributed by atoms with Gasteiger partial charge in [-0.1, -0.05) is 19.3 Å². The molecule has 0 radical (unpaired) electrons. The average Bonchev–Trinajstić information content (AvgIpc) is 2.43. The molecule has 0 spiro atoms. The number of carbonyl (C=O) groups is 2. The molecule has 4 nitrogen and oxygen atoms in total. The number of piperazine rings is 1. The van der Waals surface area contributed by atoms with Crippen molar-refractivity contribution in [1.29, 1.82) is 0 Å². The molecule has 19 heavy (non-hydrogen) atoms. The molecule has 2 rings (SSSR count). The topological polar surface area (TPSA) is 49.4 Å². The molecule has 0 bridgehead atoms. The minimum absolute atomic E-state index is 0.0281. The molecule has 1 saturated heterocycles. The van der Waals surface area contributed by atoms with Gasteiger partial charge in [0, 0.05) is 13.0 Å². The van der Waals surface area contributed by atoms with Crippen molar-refractivity contribution in [3.63, 3.8) is 0 Å². The van der Waals surface area contributed by atoms with Crippen LogP contribution >= 0.6 is 0 Å². The Labute approximate surface area is 114 Å². The van der Waals surface area contributed by atoms with E-state index in [4.69, 9.17) is 0 Å². The summed E-state index contributed by atoms with van der Waals surface area (Å²) in [6.45, 7) is 2.54. The van der Waals surface area contributed by atoms with Crippen LogP contribution < -0.4 is 5.32 Å². The van der Waals surface area contributed by atoms with Crippen LogP contribution in [0.15, 0.2) is 0 Å². The maximum atomic E-state index is 12.4. The molecular formula is C15H22N2O2. The van der Waals surface area contributed by atoms with Gasteiger partial charge in [0.05, 0.1) is 6.54 Å². The molecule has 0 aromatic heterocycles. The van der Waals surface area contributed by atoms with E-state index in [9.17, 15) is 9.59 Å². The van der Waals surface area contributed by atoms with Gasteiger partial charge in [-0.2, -0.15) is 0 Å². The quantitative estimate of drug-likeness (QED) is 0.780. The summed E-state index contributed by atoms with van der Waals surface area (Å²) in [4.78, 5) is 25.9. The van der Waals surface area contributed by atoms with E-state index in [1.165, 1.54) is 19.3 Å². The molecule has 1 saturated carbocycles. The molecule has 104 valence electrons. The highest BCUT2D eigenvalue weighted by molar-refractivity contribution is 5.95. The first-order valence-corrected chi connectivity index (χ1v) is 7.20. The van der Waals surface area contributed by atoms with Gasteiger partial charge >= 0.3 is 0 Å².